The highest BCUT2D eigenvalue weighted by atomic mass is 32.2. The second kappa shape index (κ2) is 6.49. The van der Waals surface area contributed by atoms with Crippen molar-refractivity contribution in [2.45, 2.75) is 37.2 Å². The van der Waals surface area contributed by atoms with Crippen LogP contribution < -0.4 is 5.56 Å². The summed E-state index contributed by atoms with van der Waals surface area (Å²) in [6.45, 7) is 0. The van der Waals surface area contributed by atoms with Crippen molar-refractivity contribution in [3.63, 3.8) is 0 Å². The van der Waals surface area contributed by atoms with Crippen molar-refractivity contribution in [2.24, 2.45) is 0 Å². The Balaban J connectivity index is 1.55. The summed E-state index contributed by atoms with van der Waals surface area (Å²) in [5.41, 5.74) is 2.60. The van der Waals surface area contributed by atoms with Crippen molar-refractivity contribution in [1.82, 2.24) is 9.97 Å². The molecular formula is C18H18N2OS2. The number of rotatable bonds is 4. The van der Waals surface area contributed by atoms with Crippen molar-refractivity contribution in [2.75, 3.05) is 0 Å². The minimum Gasteiger partial charge on any atom is -0.309 e. The molecule has 4 rings (SSSR count). The number of benzene rings is 1. The first-order valence-electron chi connectivity index (χ1n) is 7.96. The number of aromatic nitrogens is 2. The molecule has 1 aliphatic carbocycles. The van der Waals surface area contributed by atoms with Gasteiger partial charge >= 0.3 is 0 Å². The second-order valence-corrected chi connectivity index (χ2v) is 7.95. The lowest BCUT2D eigenvalue weighted by atomic mass is 9.97. The van der Waals surface area contributed by atoms with Gasteiger partial charge in [0.25, 0.3) is 5.56 Å². The normalized spacial score (nSPS) is 14.1. The predicted molar refractivity (Wildman–Crippen MR) is 98.3 cm³/mol. The van der Waals surface area contributed by atoms with Gasteiger partial charge in [-0.2, -0.15) is 0 Å². The van der Waals surface area contributed by atoms with E-state index in [1.54, 1.807) is 23.1 Å². The number of thiophene rings is 1. The van der Waals surface area contributed by atoms with Crippen LogP contribution in [0.3, 0.4) is 0 Å². The van der Waals surface area contributed by atoms with Crippen LogP contribution in [0.25, 0.3) is 10.2 Å². The fourth-order valence-corrected chi connectivity index (χ4v) is 5.26. The molecular weight excluding hydrogens is 324 g/mol. The molecule has 0 saturated heterocycles. The van der Waals surface area contributed by atoms with Crippen LogP contribution in [0.4, 0.5) is 0 Å². The zero-order valence-electron chi connectivity index (χ0n) is 12.8. The number of hydrogen-bond acceptors (Lipinski definition) is 4. The number of fused-ring (bicyclic) bond motifs is 3. The lowest BCUT2D eigenvalue weighted by Crippen LogP contribution is -2.12. The Hall–Kier alpha value is -1.59. The molecule has 0 unspecified atom stereocenters. The van der Waals surface area contributed by atoms with Gasteiger partial charge in [-0.3, -0.25) is 4.79 Å². The van der Waals surface area contributed by atoms with E-state index in [4.69, 9.17) is 4.98 Å². The quantitative estimate of drug-likeness (QED) is 0.769. The molecule has 0 fully saturated rings. The molecule has 0 saturated carbocycles. The summed E-state index contributed by atoms with van der Waals surface area (Å²) in [6, 6.07) is 10.4. The number of H-pyrrole nitrogens is 1. The highest BCUT2D eigenvalue weighted by molar-refractivity contribution is 7.97. The smallest absolute Gasteiger partial charge is 0.259 e. The van der Waals surface area contributed by atoms with E-state index in [-0.39, 0.29) is 5.56 Å². The van der Waals surface area contributed by atoms with E-state index < -0.39 is 0 Å². The molecule has 1 N–H and O–H groups in total. The minimum atomic E-state index is 0.0460. The van der Waals surface area contributed by atoms with Crippen molar-refractivity contribution < 1.29 is 0 Å². The van der Waals surface area contributed by atoms with E-state index in [0.717, 1.165) is 40.4 Å². The highest BCUT2D eigenvalue weighted by Crippen LogP contribution is 2.33. The Morgan fingerprint density at radius 3 is 2.83 bits per heavy atom. The molecule has 2 aromatic heterocycles. The van der Waals surface area contributed by atoms with Crippen LogP contribution in [0.15, 0.2) is 35.1 Å². The van der Waals surface area contributed by atoms with Crippen LogP contribution in [0.2, 0.25) is 0 Å². The van der Waals surface area contributed by atoms with Gasteiger partial charge < -0.3 is 4.98 Å². The van der Waals surface area contributed by atoms with Gasteiger partial charge in [0, 0.05) is 10.6 Å². The maximum Gasteiger partial charge on any atom is 0.259 e. The summed E-state index contributed by atoms with van der Waals surface area (Å²) in [4.78, 5) is 22.5. The first-order chi connectivity index (χ1) is 11.3. The Bertz CT molecular complexity index is 883. The molecule has 23 heavy (non-hydrogen) atoms. The summed E-state index contributed by atoms with van der Waals surface area (Å²) in [5, 5.41) is 0.849. The maximum atomic E-state index is 12.5. The van der Waals surface area contributed by atoms with Gasteiger partial charge in [0.2, 0.25) is 0 Å². The van der Waals surface area contributed by atoms with Crippen molar-refractivity contribution in [3.05, 3.63) is 62.5 Å². The zero-order chi connectivity index (χ0) is 15.6. The fourth-order valence-electron chi connectivity index (χ4n) is 3.12. The molecule has 0 atom stereocenters. The summed E-state index contributed by atoms with van der Waals surface area (Å²) in [5.74, 6) is 2.47. The highest BCUT2D eigenvalue weighted by Gasteiger charge is 2.19. The fraction of sp³-hybridized carbons (Fsp3) is 0.333. The average Bonchev–Trinajstić information content (AvgIpc) is 2.94. The van der Waals surface area contributed by atoms with Gasteiger partial charge in [0.15, 0.2) is 0 Å². The molecule has 0 spiro atoms. The third-order valence-corrected chi connectivity index (χ3v) is 6.43. The number of nitrogens with one attached hydrogen (secondary N) is 1. The van der Waals surface area contributed by atoms with Gasteiger partial charge in [-0.15, -0.1) is 23.1 Å². The lowest BCUT2D eigenvalue weighted by molar-refractivity contribution is 0.700. The SMILES string of the molecule is O=c1[nH]c(CSCc2ccccc2)nc2sc3c(c12)CCCC3. The second-order valence-electron chi connectivity index (χ2n) is 5.88. The number of thioether (sulfide) groups is 1. The number of nitrogens with zero attached hydrogens (tertiary/aromatic N) is 1. The zero-order valence-corrected chi connectivity index (χ0v) is 14.4. The molecule has 0 amide bonds. The Morgan fingerprint density at radius 1 is 1.13 bits per heavy atom. The molecule has 0 radical (unpaired) electrons. The maximum absolute atomic E-state index is 12.5. The average molecular weight is 342 g/mol. The van der Waals surface area contributed by atoms with E-state index in [2.05, 4.69) is 29.2 Å². The van der Waals surface area contributed by atoms with Gasteiger partial charge in [-0.05, 0) is 36.8 Å². The first kappa shape index (κ1) is 15.0. The third-order valence-electron chi connectivity index (χ3n) is 4.22. The number of aromatic amines is 1. The largest absolute Gasteiger partial charge is 0.309 e. The van der Waals surface area contributed by atoms with Gasteiger partial charge in [0.1, 0.15) is 10.7 Å². The van der Waals surface area contributed by atoms with Crippen LogP contribution >= 0.6 is 23.1 Å². The minimum absolute atomic E-state index is 0.0460. The van der Waals surface area contributed by atoms with E-state index in [9.17, 15) is 4.79 Å². The molecule has 2 heterocycles. The number of hydrogen-bond donors (Lipinski definition) is 1. The van der Waals surface area contributed by atoms with Crippen LogP contribution in [-0.2, 0) is 24.3 Å². The molecule has 1 aromatic carbocycles. The molecule has 0 bridgehead atoms. The number of aryl methyl sites for hydroxylation is 2. The van der Waals surface area contributed by atoms with Gasteiger partial charge in [-0.1, -0.05) is 30.3 Å². The van der Waals surface area contributed by atoms with Crippen molar-refractivity contribution >= 4 is 33.3 Å². The van der Waals surface area contributed by atoms with Crippen LogP contribution in [0, 0.1) is 0 Å². The summed E-state index contributed by atoms with van der Waals surface area (Å²) in [6.07, 6.45) is 4.56. The molecule has 3 aromatic rings. The summed E-state index contributed by atoms with van der Waals surface area (Å²) < 4.78 is 0. The molecule has 1 aliphatic rings. The molecule has 3 nitrogen and oxygen atoms in total. The van der Waals surface area contributed by atoms with Crippen molar-refractivity contribution in [3.8, 4) is 0 Å². The Morgan fingerprint density at radius 2 is 1.96 bits per heavy atom. The topological polar surface area (TPSA) is 45.8 Å². The standard InChI is InChI=1S/C18H18N2OS2/c21-17-16-13-8-4-5-9-14(13)23-18(16)20-15(19-17)11-22-10-12-6-2-1-3-7-12/h1-3,6-7H,4-5,8-11H2,(H,19,20,21). The summed E-state index contributed by atoms with van der Waals surface area (Å²) in [7, 11) is 0. The van der Waals surface area contributed by atoms with E-state index in [0.29, 0.717) is 0 Å². The summed E-state index contributed by atoms with van der Waals surface area (Å²) >= 11 is 3.50. The monoisotopic (exact) mass is 342 g/mol. The van der Waals surface area contributed by atoms with E-state index in [1.165, 1.54) is 28.8 Å². The van der Waals surface area contributed by atoms with Crippen molar-refractivity contribution in [1.29, 1.82) is 0 Å². The third kappa shape index (κ3) is 3.08. The lowest BCUT2D eigenvalue weighted by Gasteiger charge is -2.09. The predicted octanol–water partition coefficient (Wildman–Crippen LogP) is 4.30. The Kier molecular flexibility index (Phi) is 4.23. The van der Waals surface area contributed by atoms with Crippen LogP contribution in [-0.4, -0.2) is 9.97 Å². The Labute approximate surface area is 143 Å². The van der Waals surface area contributed by atoms with Crippen LogP contribution in [0.1, 0.15) is 34.7 Å². The molecule has 118 valence electrons. The van der Waals surface area contributed by atoms with E-state index in [1.807, 2.05) is 6.07 Å². The first-order valence-corrected chi connectivity index (χ1v) is 9.93. The van der Waals surface area contributed by atoms with Gasteiger partial charge in [-0.25, -0.2) is 4.98 Å². The van der Waals surface area contributed by atoms with Crippen LogP contribution in [0.5, 0.6) is 0 Å². The van der Waals surface area contributed by atoms with E-state index >= 15 is 0 Å². The van der Waals surface area contributed by atoms with Gasteiger partial charge in [0.05, 0.1) is 11.1 Å². The molecule has 5 heteroatoms. The molecule has 0 aliphatic heterocycles.